The molecule has 1 fully saturated rings. The van der Waals surface area contributed by atoms with Crippen molar-refractivity contribution >= 4 is 5.91 Å². The van der Waals surface area contributed by atoms with E-state index in [9.17, 15) is 9.59 Å². The Morgan fingerprint density at radius 2 is 2.17 bits per heavy atom. The van der Waals surface area contributed by atoms with Crippen LogP contribution in [0.2, 0.25) is 0 Å². The SMILES string of the molecule is O=C(N[C@@H]1COCC[C@H]1Oc1ccc(CO)cc1)c1cc(=O)[nH]o1. The van der Waals surface area contributed by atoms with Gasteiger partial charge in [0.1, 0.15) is 11.9 Å². The fraction of sp³-hybridized carbons (Fsp3) is 0.375. The normalized spacial score (nSPS) is 20.5. The standard InChI is InChI=1S/C16H18N2O6/c19-8-10-1-3-11(4-2-10)23-13-5-6-22-9-12(13)17-16(21)14-7-15(20)18-24-14/h1-4,7,12-13,19H,5-6,8-9H2,(H,17,21)(H,18,20)/t12-,13-/m1/s1. The Labute approximate surface area is 137 Å². The summed E-state index contributed by atoms with van der Waals surface area (Å²) in [4.78, 5) is 23.2. The third-order valence-electron chi connectivity index (χ3n) is 3.75. The smallest absolute Gasteiger partial charge is 0.290 e. The van der Waals surface area contributed by atoms with Crippen molar-refractivity contribution in [3.63, 3.8) is 0 Å². The number of ether oxygens (including phenoxy) is 2. The maximum Gasteiger partial charge on any atom is 0.290 e. The lowest BCUT2D eigenvalue weighted by Crippen LogP contribution is -2.51. The molecule has 0 radical (unpaired) electrons. The molecule has 1 saturated heterocycles. The van der Waals surface area contributed by atoms with E-state index in [2.05, 4.69) is 10.5 Å². The second-order valence-corrected chi connectivity index (χ2v) is 5.48. The quantitative estimate of drug-likeness (QED) is 0.730. The molecular formula is C16H18N2O6. The largest absolute Gasteiger partial charge is 0.488 e. The summed E-state index contributed by atoms with van der Waals surface area (Å²) >= 11 is 0. The lowest BCUT2D eigenvalue weighted by Gasteiger charge is -2.32. The van der Waals surface area contributed by atoms with Gasteiger partial charge in [-0.3, -0.25) is 9.59 Å². The summed E-state index contributed by atoms with van der Waals surface area (Å²) in [6.45, 7) is 0.808. The van der Waals surface area contributed by atoms with E-state index >= 15 is 0 Å². The average molecular weight is 334 g/mol. The zero-order valence-electron chi connectivity index (χ0n) is 12.9. The zero-order chi connectivity index (χ0) is 16.9. The molecule has 1 aromatic heterocycles. The summed E-state index contributed by atoms with van der Waals surface area (Å²) in [5.74, 6) is 0.0521. The number of aromatic amines is 1. The monoisotopic (exact) mass is 334 g/mol. The first-order valence-electron chi connectivity index (χ1n) is 7.59. The molecule has 8 heteroatoms. The van der Waals surface area contributed by atoms with Gasteiger partial charge in [-0.25, -0.2) is 0 Å². The molecule has 0 spiro atoms. The van der Waals surface area contributed by atoms with Crippen molar-refractivity contribution in [1.29, 1.82) is 0 Å². The number of amides is 1. The molecular weight excluding hydrogens is 316 g/mol. The van der Waals surface area contributed by atoms with E-state index in [4.69, 9.17) is 19.1 Å². The molecule has 24 heavy (non-hydrogen) atoms. The second-order valence-electron chi connectivity index (χ2n) is 5.48. The molecule has 0 aliphatic carbocycles. The van der Waals surface area contributed by atoms with Gasteiger partial charge in [-0.15, -0.1) is 0 Å². The van der Waals surface area contributed by atoms with Crippen LogP contribution in [0.15, 0.2) is 39.6 Å². The van der Waals surface area contributed by atoms with Gasteiger partial charge in [0.15, 0.2) is 0 Å². The van der Waals surface area contributed by atoms with Crippen LogP contribution in [-0.4, -0.2) is 41.5 Å². The van der Waals surface area contributed by atoms with Crippen LogP contribution in [0.25, 0.3) is 0 Å². The Bertz CT molecular complexity index is 736. The molecule has 2 heterocycles. The Hall–Kier alpha value is -2.58. The highest BCUT2D eigenvalue weighted by Crippen LogP contribution is 2.19. The maximum atomic E-state index is 12.1. The number of hydrogen-bond donors (Lipinski definition) is 3. The van der Waals surface area contributed by atoms with Crippen molar-refractivity contribution in [2.45, 2.75) is 25.2 Å². The van der Waals surface area contributed by atoms with E-state index in [1.54, 1.807) is 24.3 Å². The van der Waals surface area contributed by atoms with E-state index in [-0.39, 0.29) is 24.5 Å². The molecule has 8 nitrogen and oxygen atoms in total. The number of aliphatic hydroxyl groups is 1. The van der Waals surface area contributed by atoms with Gasteiger partial charge in [0.2, 0.25) is 5.76 Å². The van der Waals surface area contributed by atoms with Crippen molar-refractivity contribution < 1.29 is 23.9 Å². The topological polar surface area (TPSA) is 114 Å². The fourth-order valence-electron chi connectivity index (χ4n) is 2.48. The highest BCUT2D eigenvalue weighted by Gasteiger charge is 2.30. The predicted molar refractivity (Wildman–Crippen MR) is 82.8 cm³/mol. The van der Waals surface area contributed by atoms with E-state index in [1.165, 1.54) is 0 Å². The number of H-pyrrole nitrogens is 1. The molecule has 1 aliphatic rings. The van der Waals surface area contributed by atoms with Crippen LogP contribution in [0.3, 0.4) is 0 Å². The molecule has 2 atom stereocenters. The van der Waals surface area contributed by atoms with Gasteiger partial charge < -0.3 is 24.4 Å². The molecule has 2 aromatic rings. The highest BCUT2D eigenvalue weighted by molar-refractivity contribution is 5.91. The summed E-state index contributed by atoms with van der Waals surface area (Å²) in [6, 6.07) is 7.80. The number of benzene rings is 1. The minimum absolute atomic E-state index is 0.0297. The molecule has 3 N–H and O–H groups in total. The first-order chi connectivity index (χ1) is 11.7. The summed E-state index contributed by atoms with van der Waals surface area (Å²) in [5, 5.41) is 13.9. The lowest BCUT2D eigenvalue weighted by atomic mass is 10.1. The lowest BCUT2D eigenvalue weighted by molar-refractivity contribution is -0.00330. The Morgan fingerprint density at radius 3 is 2.83 bits per heavy atom. The summed E-state index contributed by atoms with van der Waals surface area (Å²) in [5.41, 5.74) is 0.318. The van der Waals surface area contributed by atoms with Crippen molar-refractivity contribution in [3.8, 4) is 5.75 Å². The van der Waals surface area contributed by atoms with Gasteiger partial charge in [0.25, 0.3) is 11.5 Å². The van der Waals surface area contributed by atoms with Crippen LogP contribution < -0.4 is 15.6 Å². The van der Waals surface area contributed by atoms with Gasteiger partial charge in [-0.05, 0) is 17.7 Å². The minimum Gasteiger partial charge on any atom is -0.488 e. The molecule has 0 saturated carbocycles. The summed E-state index contributed by atoms with van der Waals surface area (Å²) in [7, 11) is 0. The third kappa shape index (κ3) is 3.84. The molecule has 1 amide bonds. The molecule has 3 rings (SSSR count). The molecule has 128 valence electrons. The maximum absolute atomic E-state index is 12.1. The first-order valence-corrected chi connectivity index (χ1v) is 7.59. The second kappa shape index (κ2) is 7.33. The van der Waals surface area contributed by atoms with E-state index in [0.717, 1.165) is 11.6 Å². The molecule has 1 aromatic carbocycles. The average Bonchev–Trinajstić information content (AvgIpc) is 3.04. The van der Waals surface area contributed by atoms with E-state index < -0.39 is 11.5 Å². The third-order valence-corrected chi connectivity index (χ3v) is 3.75. The molecule has 1 aliphatic heterocycles. The molecule has 0 bridgehead atoms. The first kappa shape index (κ1) is 16.3. The van der Waals surface area contributed by atoms with Crippen molar-refractivity contribution in [2.24, 2.45) is 0 Å². The Kier molecular flexibility index (Phi) is 4.97. The van der Waals surface area contributed by atoms with Gasteiger partial charge in [-0.1, -0.05) is 12.1 Å². The van der Waals surface area contributed by atoms with Crippen LogP contribution in [-0.2, 0) is 11.3 Å². The minimum atomic E-state index is -0.506. The van der Waals surface area contributed by atoms with Crippen LogP contribution in [0, 0.1) is 0 Å². The Morgan fingerprint density at radius 1 is 1.38 bits per heavy atom. The number of hydrogen-bond acceptors (Lipinski definition) is 6. The van der Waals surface area contributed by atoms with E-state index in [0.29, 0.717) is 25.4 Å². The van der Waals surface area contributed by atoms with Crippen molar-refractivity contribution in [3.05, 3.63) is 52.0 Å². The highest BCUT2D eigenvalue weighted by atomic mass is 16.5. The molecule has 0 unspecified atom stereocenters. The number of carbonyl (C=O) groups excluding carboxylic acids is 1. The number of nitrogens with one attached hydrogen (secondary N) is 2. The fourth-order valence-corrected chi connectivity index (χ4v) is 2.48. The van der Waals surface area contributed by atoms with Crippen LogP contribution >= 0.6 is 0 Å². The van der Waals surface area contributed by atoms with Gasteiger partial charge >= 0.3 is 0 Å². The van der Waals surface area contributed by atoms with Crippen LogP contribution in [0.5, 0.6) is 5.75 Å². The van der Waals surface area contributed by atoms with Gasteiger partial charge in [0.05, 0.1) is 31.9 Å². The summed E-state index contributed by atoms with van der Waals surface area (Å²) in [6.07, 6.45) is 0.345. The Balaban J connectivity index is 1.66. The number of carbonyl (C=O) groups is 1. The van der Waals surface area contributed by atoms with Crippen molar-refractivity contribution in [1.82, 2.24) is 10.5 Å². The van der Waals surface area contributed by atoms with Crippen molar-refractivity contribution in [2.75, 3.05) is 13.2 Å². The number of aromatic nitrogens is 1. The van der Waals surface area contributed by atoms with Crippen LogP contribution in [0.1, 0.15) is 22.5 Å². The van der Waals surface area contributed by atoms with Gasteiger partial charge in [-0.2, -0.15) is 5.16 Å². The van der Waals surface area contributed by atoms with E-state index in [1.807, 2.05) is 0 Å². The number of aliphatic hydroxyl groups excluding tert-OH is 1. The van der Waals surface area contributed by atoms with Crippen LogP contribution in [0.4, 0.5) is 0 Å². The predicted octanol–water partition coefficient (Wildman–Crippen LogP) is 0.426. The van der Waals surface area contributed by atoms with Gasteiger partial charge in [0, 0.05) is 6.42 Å². The summed E-state index contributed by atoms with van der Waals surface area (Å²) < 4.78 is 16.1. The number of rotatable bonds is 5. The zero-order valence-corrected chi connectivity index (χ0v) is 12.9.